The molecule has 3 heterocycles. The molecule has 0 bridgehead atoms. The molecule has 2 aromatic carbocycles. The molecule has 176 valence electrons. The third-order valence-corrected chi connectivity index (χ3v) is 6.93. The summed E-state index contributed by atoms with van der Waals surface area (Å²) in [6.07, 6.45) is 1.27. The first-order valence-electron chi connectivity index (χ1n) is 12.0. The molecule has 1 aromatic heterocycles. The van der Waals surface area contributed by atoms with E-state index in [4.69, 9.17) is 0 Å². The molecule has 0 fully saturated rings. The average molecular weight is 459 g/mol. The number of benzene rings is 2. The Bertz CT molecular complexity index is 1280. The van der Waals surface area contributed by atoms with Gasteiger partial charge >= 0.3 is 0 Å². The summed E-state index contributed by atoms with van der Waals surface area (Å²) >= 11 is 0. The van der Waals surface area contributed by atoms with E-state index in [9.17, 15) is 14.4 Å². The second kappa shape index (κ2) is 8.63. The van der Waals surface area contributed by atoms with Gasteiger partial charge in [0.05, 0.1) is 6.04 Å². The fraction of sp³-hybridized carbons (Fsp3) is 0.370. The summed E-state index contributed by atoms with van der Waals surface area (Å²) in [7, 11) is 0. The average Bonchev–Trinajstić information content (AvgIpc) is 3.34. The molecule has 3 amide bonds. The molecule has 0 radical (unpaired) electrons. The van der Waals surface area contributed by atoms with Crippen molar-refractivity contribution in [1.29, 1.82) is 0 Å². The molecule has 2 aliphatic rings. The minimum Gasteiger partial charge on any atom is -0.356 e. The first-order valence-corrected chi connectivity index (χ1v) is 12.0. The molecule has 0 saturated heterocycles. The second-order valence-corrected chi connectivity index (χ2v) is 9.69. The van der Waals surface area contributed by atoms with Gasteiger partial charge in [-0.3, -0.25) is 14.4 Å². The van der Waals surface area contributed by atoms with Gasteiger partial charge in [-0.1, -0.05) is 50.2 Å². The lowest BCUT2D eigenvalue weighted by molar-refractivity contribution is -0.131. The van der Waals surface area contributed by atoms with Crippen LogP contribution in [0.15, 0.2) is 48.5 Å². The van der Waals surface area contributed by atoms with Crippen molar-refractivity contribution in [3.8, 4) is 0 Å². The van der Waals surface area contributed by atoms with Crippen LogP contribution in [0.25, 0.3) is 10.9 Å². The third-order valence-electron chi connectivity index (χ3n) is 6.93. The molecule has 3 aromatic rings. The quantitative estimate of drug-likeness (QED) is 0.529. The van der Waals surface area contributed by atoms with Crippen molar-refractivity contribution in [2.75, 3.05) is 6.54 Å². The predicted octanol–water partition coefficient (Wildman–Crippen LogP) is 3.30. The van der Waals surface area contributed by atoms with E-state index in [1.54, 1.807) is 11.8 Å². The lowest BCUT2D eigenvalue weighted by Gasteiger charge is -2.37. The van der Waals surface area contributed by atoms with E-state index in [-0.39, 0.29) is 23.8 Å². The monoisotopic (exact) mass is 458 g/mol. The Labute approximate surface area is 198 Å². The number of fused-ring (bicyclic) bond motifs is 7. The van der Waals surface area contributed by atoms with E-state index in [1.165, 1.54) is 0 Å². The van der Waals surface area contributed by atoms with Crippen LogP contribution in [-0.4, -0.2) is 46.2 Å². The zero-order valence-corrected chi connectivity index (χ0v) is 19.7. The minimum atomic E-state index is -0.706. The Morgan fingerprint density at radius 1 is 1.09 bits per heavy atom. The fourth-order valence-electron chi connectivity index (χ4n) is 5.15. The number of nitrogens with zero attached hydrogens (tertiary/aromatic N) is 1. The lowest BCUT2D eigenvalue weighted by Crippen LogP contribution is -2.56. The number of para-hydroxylation sites is 1. The Morgan fingerprint density at radius 2 is 1.82 bits per heavy atom. The zero-order valence-electron chi connectivity index (χ0n) is 19.7. The number of H-pyrrole nitrogens is 1. The normalized spacial score (nSPS) is 19.5. The number of amides is 3. The molecular weight excluding hydrogens is 428 g/mol. The Kier molecular flexibility index (Phi) is 5.63. The van der Waals surface area contributed by atoms with Gasteiger partial charge in [-0.15, -0.1) is 0 Å². The van der Waals surface area contributed by atoms with E-state index in [2.05, 4.69) is 29.5 Å². The van der Waals surface area contributed by atoms with E-state index >= 15 is 0 Å². The van der Waals surface area contributed by atoms with E-state index in [0.717, 1.165) is 34.1 Å². The fourth-order valence-corrected chi connectivity index (χ4v) is 5.15. The van der Waals surface area contributed by atoms with Crippen molar-refractivity contribution in [3.63, 3.8) is 0 Å². The summed E-state index contributed by atoms with van der Waals surface area (Å²) in [5, 5.41) is 6.81. The van der Waals surface area contributed by atoms with Crippen LogP contribution in [0.1, 0.15) is 60.4 Å². The number of hydrogen-bond donors (Lipinski definition) is 3. The van der Waals surface area contributed by atoms with Gasteiger partial charge in [0.15, 0.2) is 0 Å². The predicted molar refractivity (Wildman–Crippen MR) is 130 cm³/mol. The number of rotatable bonds is 6. The highest BCUT2D eigenvalue weighted by atomic mass is 16.2. The largest absolute Gasteiger partial charge is 0.356 e. The Balaban J connectivity index is 1.46. The Hall–Kier alpha value is -3.61. The summed E-state index contributed by atoms with van der Waals surface area (Å²) in [6, 6.07) is 13.8. The first-order chi connectivity index (χ1) is 16.4. The zero-order chi connectivity index (χ0) is 24.0. The van der Waals surface area contributed by atoms with E-state index < -0.39 is 12.1 Å². The smallest absolute Gasteiger partial charge is 0.255 e. The first kappa shape index (κ1) is 22.2. The Morgan fingerprint density at radius 3 is 2.62 bits per heavy atom. The maximum Gasteiger partial charge on any atom is 0.255 e. The topological polar surface area (TPSA) is 94.3 Å². The minimum absolute atomic E-state index is 0.154. The summed E-state index contributed by atoms with van der Waals surface area (Å²) in [4.78, 5) is 44.7. The molecule has 34 heavy (non-hydrogen) atoms. The molecule has 1 unspecified atom stereocenters. The molecule has 0 spiro atoms. The maximum absolute atomic E-state index is 13.5. The molecule has 7 heteroatoms. The van der Waals surface area contributed by atoms with Crippen LogP contribution in [0.5, 0.6) is 0 Å². The number of aromatic amines is 1. The molecule has 3 atom stereocenters. The number of hydrogen-bond acceptors (Lipinski definition) is 3. The highest BCUT2D eigenvalue weighted by Crippen LogP contribution is 2.46. The molecular formula is C27H30N4O3. The number of carbonyl (C=O) groups is 3. The molecule has 5 rings (SSSR count). The SMILES string of the molecule is CC(C)CCNC(=O)[C@H](C)NC(=O)[C@@H]1Cc2c([nH]c3ccccc23)C2c3ccccc3C(=O)N21. The maximum atomic E-state index is 13.5. The van der Waals surface area contributed by atoms with Gasteiger partial charge < -0.3 is 20.5 Å². The summed E-state index contributed by atoms with van der Waals surface area (Å²) in [6.45, 7) is 6.45. The van der Waals surface area contributed by atoms with Crippen molar-refractivity contribution < 1.29 is 14.4 Å². The van der Waals surface area contributed by atoms with Crippen molar-refractivity contribution in [1.82, 2.24) is 20.5 Å². The van der Waals surface area contributed by atoms with Gasteiger partial charge in [0.1, 0.15) is 12.1 Å². The van der Waals surface area contributed by atoms with Crippen LogP contribution in [0, 0.1) is 5.92 Å². The third kappa shape index (κ3) is 3.65. The van der Waals surface area contributed by atoms with Crippen molar-refractivity contribution in [2.24, 2.45) is 5.92 Å². The van der Waals surface area contributed by atoms with Gasteiger partial charge in [0.25, 0.3) is 5.91 Å². The van der Waals surface area contributed by atoms with E-state index in [1.807, 2.05) is 48.5 Å². The summed E-state index contributed by atoms with van der Waals surface area (Å²) in [5.41, 5.74) is 4.52. The number of carbonyl (C=O) groups excluding carboxylic acids is 3. The lowest BCUT2D eigenvalue weighted by atomic mass is 9.90. The van der Waals surface area contributed by atoms with Crippen LogP contribution < -0.4 is 10.6 Å². The molecule has 0 aliphatic carbocycles. The van der Waals surface area contributed by atoms with Crippen molar-refractivity contribution in [2.45, 2.75) is 51.7 Å². The van der Waals surface area contributed by atoms with Gasteiger partial charge in [-0.25, -0.2) is 0 Å². The van der Waals surface area contributed by atoms with Crippen LogP contribution in [-0.2, 0) is 16.0 Å². The molecule has 0 saturated carbocycles. The molecule has 2 aliphatic heterocycles. The highest BCUT2D eigenvalue weighted by Gasteiger charge is 2.49. The van der Waals surface area contributed by atoms with Crippen LogP contribution >= 0.6 is 0 Å². The standard InChI is InChI=1S/C27H30N4O3/c1-15(2)12-13-28-25(32)16(3)29-26(33)22-14-20-17-8-6-7-11-21(17)30-23(20)24-18-9-4-5-10-19(18)27(34)31(22)24/h4-11,15-16,22,24,30H,12-14H2,1-3H3,(H,28,32)(H,29,33)/t16-,22-,24?/m0/s1. The van der Waals surface area contributed by atoms with Crippen molar-refractivity contribution >= 4 is 28.6 Å². The van der Waals surface area contributed by atoms with Gasteiger partial charge in [-0.05, 0) is 42.5 Å². The van der Waals surface area contributed by atoms with Gasteiger partial charge in [0.2, 0.25) is 11.8 Å². The van der Waals surface area contributed by atoms with Crippen LogP contribution in [0.3, 0.4) is 0 Å². The van der Waals surface area contributed by atoms with Gasteiger partial charge in [-0.2, -0.15) is 0 Å². The summed E-state index contributed by atoms with van der Waals surface area (Å²) < 4.78 is 0. The second-order valence-electron chi connectivity index (χ2n) is 9.69. The molecule has 3 N–H and O–H groups in total. The number of aromatic nitrogens is 1. The summed E-state index contributed by atoms with van der Waals surface area (Å²) in [5.74, 6) is -0.199. The van der Waals surface area contributed by atoms with Crippen molar-refractivity contribution in [3.05, 3.63) is 70.9 Å². The molecule has 7 nitrogen and oxygen atoms in total. The van der Waals surface area contributed by atoms with Crippen LogP contribution in [0.4, 0.5) is 0 Å². The van der Waals surface area contributed by atoms with E-state index in [0.29, 0.717) is 24.4 Å². The number of nitrogens with one attached hydrogen (secondary N) is 3. The highest BCUT2D eigenvalue weighted by molar-refractivity contribution is 6.04. The van der Waals surface area contributed by atoms with Gasteiger partial charge in [0, 0.05) is 35.1 Å². The van der Waals surface area contributed by atoms with Crippen LogP contribution in [0.2, 0.25) is 0 Å².